The molecule has 156 valence electrons. The van der Waals surface area contributed by atoms with E-state index < -0.39 is 22.7 Å². The molecule has 1 saturated carbocycles. The van der Waals surface area contributed by atoms with Crippen LogP contribution in [-0.4, -0.2) is 45.1 Å². The third-order valence-corrected chi connectivity index (χ3v) is 8.27. The van der Waals surface area contributed by atoms with Crippen molar-refractivity contribution in [1.82, 2.24) is 0 Å². The number of methoxy groups -OCH3 is 1. The Kier molecular flexibility index (Phi) is 4.80. The highest BCUT2D eigenvalue weighted by Crippen LogP contribution is 2.63. The number of hydrogen-bond acceptors (Lipinski definition) is 5. The molecule has 0 bridgehead atoms. The van der Waals surface area contributed by atoms with Crippen LogP contribution in [0.3, 0.4) is 0 Å². The summed E-state index contributed by atoms with van der Waals surface area (Å²) in [7, 11) is 1.66. The van der Waals surface area contributed by atoms with E-state index in [1.54, 1.807) is 7.11 Å². The fourth-order valence-electron chi connectivity index (χ4n) is 6.02. The van der Waals surface area contributed by atoms with Gasteiger partial charge in [0.2, 0.25) is 0 Å². The van der Waals surface area contributed by atoms with Crippen LogP contribution in [0.1, 0.15) is 62.8 Å². The van der Waals surface area contributed by atoms with Gasteiger partial charge in [0.25, 0.3) is 0 Å². The van der Waals surface area contributed by atoms with E-state index in [9.17, 15) is 15.3 Å². The van der Waals surface area contributed by atoms with Gasteiger partial charge in [-0.05, 0) is 59.6 Å². The smallest absolute Gasteiger partial charge is 0.132 e. The van der Waals surface area contributed by atoms with Crippen LogP contribution < -0.4 is 0 Å². The number of aliphatic hydroxyl groups excluding tert-OH is 1. The summed E-state index contributed by atoms with van der Waals surface area (Å²) in [6, 6.07) is 0. The topological polar surface area (TPSA) is 83.1 Å². The number of alkyl halides is 1. The number of hydrogen-bond donors (Lipinski definition) is 3. The van der Waals surface area contributed by atoms with Crippen molar-refractivity contribution in [2.24, 2.45) is 11.3 Å². The van der Waals surface area contributed by atoms with Gasteiger partial charge >= 0.3 is 0 Å². The zero-order valence-corrected chi connectivity index (χ0v) is 17.8. The molecular formula is C22H31ClO5. The van der Waals surface area contributed by atoms with Crippen LogP contribution in [-0.2, 0) is 17.8 Å². The minimum Gasteiger partial charge on any atom is -0.466 e. The summed E-state index contributed by atoms with van der Waals surface area (Å²) in [4.78, 5) is 0. The van der Waals surface area contributed by atoms with Gasteiger partial charge in [-0.2, -0.15) is 0 Å². The average molecular weight is 411 g/mol. The second-order valence-electron chi connectivity index (χ2n) is 9.39. The first kappa shape index (κ1) is 20.4. The standard InChI is InChI=1S/C22H31ClO5/c1-12(2)22(26)18(23)9-17-20(3)7-5-13-14(10-28-16(13)11-27-4)15(20)6-8-21(17,25)19(22)24/h9-10,12,15,18-19,24-26H,5-8,11H2,1-4H3. The number of aliphatic hydroxyl groups is 3. The van der Waals surface area contributed by atoms with E-state index in [0.717, 1.165) is 24.2 Å². The predicted octanol–water partition coefficient (Wildman–Crippen LogP) is 3.28. The maximum atomic E-state index is 11.6. The summed E-state index contributed by atoms with van der Waals surface area (Å²) in [5, 5.41) is 33.2. The third kappa shape index (κ3) is 2.46. The molecule has 0 aromatic carbocycles. The highest BCUT2D eigenvalue weighted by atomic mass is 35.5. The zero-order valence-electron chi connectivity index (χ0n) is 17.0. The lowest BCUT2D eigenvalue weighted by molar-refractivity contribution is -0.195. The van der Waals surface area contributed by atoms with Gasteiger partial charge in [0.15, 0.2) is 0 Å². The third-order valence-electron chi connectivity index (χ3n) is 7.79. The first-order valence-corrected chi connectivity index (χ1v) is 10.6. The molecule has 1 heterocycles. The second kappa shape index (κ2) is 6.58. The van der Waals surface area contributed by atoms with Crippen LogP contribution in [0.4, 0.5) is 0 Å². The Morgan fingerprint density at radius 2 is 2.04 bits per heavy atom. The molecule has 6 unspecified atom stereocenters. The maximum Gasteiger partial charge on any atom is 0.132 e. The van der Waals surface area contributed by atoms with Gasteiger partial charge in [-0.25, -0.2) is 0 Å². The molecule has 3 N–H and O–H groups in total. The molecule has 1 fully saturated rings. The van der Waals surface area contributed by atoms with Crippen molar-refractivity contribution in [3.8, 4) is 0 Å². The molecule has 1 aromatic heterocycles. The number of furan rings is 1. The monoisotopic (exact) mass is 410 g/mol. The van der Waals surface area contributed by atoms with E-state index in [4.69, 9.17) is 20.8 Å². The Balaban J connectivity index is 1.80. The van der Waals surface area contributed by atoms with Crippen molar-refractivity contribution in [2.45, 2.75) is 81.7 Å². The molecule has 0 amide bonds. The Labute approximate surface area is 171 Å². The average Bonchev–Trinajstić information content (AvgIpc) is 3.05. The Bertz CT molecular complexity index is 801. The molecule has 6 heteroatoms. The van der Waals surface area contributed by atoms with Crippen molar-refractivity contribution in [3.63, 3.8) is 0 Å². The minimum absolute atomic E-state index is 0.179. The second-order valence-corrected chi connectivity index (χ2v) is 9.86. The molecule has 28 heavy (non-hydrogen) atoms. The van der Waals surface area contributed by atoms with Crippen LogP contribution in [0.5, 0.6) is 0 Å². The molecule has 0 spiro atoms. The fourth-order valence-corrected chi connectivity index (χ4v) is 6.52. The molecule has 0 aliphatic heterocycles. The molecule has 0 saturated heterocycles. The lowest BCUT2D eigenvalue weighted by atomic mass is 9.49. The largest absolute Gasteiger partial charge is 0.466 e. The molecule has 0 radical (unpaired) electrons. The summed E-state index contributed by atoms with van der Waals surface area (Å²) >= 11 is 6.60. The van der Waals surface area contributed by atoms with E-state index in [0.29, 0.717) is 19.4 Å². The van der Waals surface area contributed by atoms with Crippen molar-refractivity contribution in [1.29, 1.82) is 0 Å². The van der Waals surface area contributed by atoms with Gasteiger partial charge in [0.1, 0.15) is 29.7 Å². The fraction of sp³-hybridized carbons (Fsp3) is 0.727. The summed E-state index contributed by atoms with van der Waals surface area (Å²) < 4.78 is 11.1. The molecule has 3 aliphatic carbocycles. The van der Waals surface area contributed by atoms with Crippen molar-refractivity contribution in [3.05, 3.63) is 34.8 Å². The summed E-state index contributed by atoms with van der Waals surface area (Å²) in [5.41, 5.74) is -0.215. The van der Waals surface area contributed by atoms with Gasteiger partial charge in [0.05, 0.1) is 11.6 Å². The molecule has 1 aromatic rings. The van der Waals surface area contributed by atoms with Crippen molar-refractivity contribution < 1.29 is 24.5 Å². The normalized spacial score (nSPS) is 42.6. The summed E-state index contributed by atoms with van der Waals surface area (Å²) in [6.07, 6.45) is 5.06. The van der Waals surface area contributed by atoms with Crippen molar-refractivity contribution >= 4 is 11.6 Å². The Morgan fingerprint density at radius 1 is 1.32 bits per heavy atom. The maximum absolute atomic E-state index is 11.6. The lowest BCUT2D eigenvalue weighted by Crippen LogP contribution is -2.69. The molecule has 5 nitrogen and oxygen atoms in total. The van der Waals surface area contributed by atoms with Crippen LogP contribution >= 0.6 is 11.6 Å². The quantitative estimate of drug-likeness (QED) is 0.526. The van der Waals surface area contributed by atoms with Crippen LogP contribution in [0.15, 0.2) is 22.3 Å². The van der Waals surface area contributed by atoms with Gasteiger partial charge in [-0.3, -0.25) is 0 Å². The molecule has 6 atom stereocenters. The lowest BCUT2D eigenvalue weighted by Gasteiger charge is -2.60. The van der Waals surface area contributed by atoms with Gasteiger partial charge in [-0.15, -0.1) is 11.6 Å². The first-order chi connectivity index (χ1) is 13.1. The number of halogens is 1. The summed E-state index contributed by atoms with van der Waals surface area (Å²) in [5.74, 6) is 0.765. The van der Waals surface area contributed by atoms with E-state index in [-0.39, 0.29) is 17.3 Å². The van der Waals surface area contributed by atoms with E-state index in [1.165, 1.54) is 11.1 Å². The molecular weight excluding hydrogens is 380 g/mol. The zero-order chi connectivity index (χ0) is 20.5. The molecule has 3 aliphatic rings. The number of fused-ring (bicyclic) bond motifs is 5. The van der Waals surface area contributed by atoms with E-state index in [2.05, 4.69) is 6.92 Å². The Morgan fingerprint density at radius 3 is 2.68 bits per heavy atom. The van der Waals surface area contributed by atoms with Gasteiger partial charge < -0.3 is 24.5 Å². The van der Waals surface area contributed by atoms with Crippen molar-refractivity contribution in [2.75, 3.05) is 7.11 Å². The van der Waals surface area contributed by atoms with Crippen LogP contribution in [0.25, 0.3) is 0 Å². The van der Waals surface area contributed by atoms with Gasteiger partial charge in [0, 0.05) is 7.11 Å². The van der Waals surface area contributed by atoms with E-state index in [1.807, 2.05) is 26.2 Å². The highest BCUT2D eigenvalue weighted by molar-refractivity contribution is 6.23. The van der Waals surface area contributed by atoms with Gasteiger partial charge in [-0.1, -0.05) is 26.8 Å². The number of rotatable bonds is 3. The molecule has 4 rings (SSSR count). The first-order valence-electron chi connectivity index (χ1n) is 10.2. The predicted molar refractivity (Wildman–Crippen MR) is 106 cm³/mol. The highest BCUT2D eigenvalue weighted by Gasteiger charge is 2.64. The summed E-state index contributed by atoms with van der Waals surface area (Å²) in [6.45, 7) is 6.25. The number of ether oxygens (including phenoxy) is 1. The Hall–Kier alpha value is -0.850. The van der Waals surface area contributed by atoms with E-state index >= 15 is 0 Å². The minimum atomic E-state index is -1.57. The van der Waals surface area contributed by atoms with Crippen LogP contribution in [0, 0.1) is 11.3 Å². The van der Waals surface area contributed by atoms with Crippen LogP contribution in [0.2, 0.25) is 0 Å². The SMILES string of the molecule is COCc1occ2c1CCC1(C)C3=CC(Cl)C(O)(C(C)C)C(O)C3(O)CCC21.